The molecule has 0 radical (unpaired) electrons. The van der Waals surface area contributed by atoms with Crippen LogP contribution in [0.2, 0.25) is 0 Å². The number of rotatable bonds is 4. The molecular formula is C20H22N4O3S. The molecule has 0 aliphatic carbocycles. The summed E-state index contributed by atoms with van der Waals surface area (Å²) in [7, 11) is 0. The van der Waals surface area contributed by atoms with E-state index in [1.54, 1.807) is 12.3 Å². The zero-order chi connectivity index (χ0) is 19.6. The van der Waals surface area contributed by atoms with Crippen molar-refractivity contribution in [3.63, 3.8) is 0 Å². The summed E-state index contributed by atoms with van der Waals surface area (Å²) in [6.45, 7) is 2.41. The number of ether oxygens (including phenoxy) is 1. The van der Waals surface area contributed by atoms with Crippen molar-refractivity contribution in [2.75, 3.05) is 37.7 Å². The molecule has 4 rings (SSSR count). The van der Waals surface area contributed by atoms with Gasteiger partial charge >= 0.3 is 0 Å². The third kappa shape index (κ3) is 3.49. The molecule has 28 heavy (non-hydrogen) atoms. The van der Waals surface area contributed by atoms with Gasteiger partial charge in [-0.15, -0.1) is 11.3 Å². The van der Waals surface area contributed by atoms with Crippen molar-refractivity contribution in [1.29, 1.82) is 5.26 Å². The van der Waals surface area contributed by atoms with E-state index in [-0.39, 0.29) is 24.7 Å². The molecule has 1 spiro atoms. The molecule has 0 bridgehead atoms. The van der Waals surface area contributed by atoms with Gasteiger partial charge in [0, 0.05) is 30.7 Å². The molecule has 0 unspecified atom stereocenters. The number of hydrogen-bond donors (Lipinski definition) is 2. The fraction of sp³-hybridized carbons (Fsp3) is 0.450. The second kappa shape index (κ2) is 7.87. The molecule has 2 N–H and O–H groups in total. The Hall–Kier alpha value is -2.47. The molecule has 8 heteroatoms. The van der Waals surface area contributed by atoms with Gasteiger partial charge in [-0.25, -0.2) is 4.98 Å². The molecule has 0 saturated carbocycles. The first-order chi connectivity index (χ1) is 13.6. The molecule has 2 aromatic rings. The van der Waals surface area contributed by atoms with Crippen LogP contribution in [-0.4, -0.2) is 48.8 Å². The van der Waals surface area contributed by atoms with Crippen molar-refractivity contribution in [3.8, 4) is 6.07 Å². The van der Waals surface area contributed by atoms with Crippen molar-refractivity contribution in [2.45, 2.75) is 24.9 Å². The number of carbonyl (C=O) groups excluding carboxylic acids is 1. The maximum absolute atomic E-state index is 12.3. The summed E-state index contributed by atoms with van der Waals surface area (Å²) in [5, 5.41) is 20.8. The third-order valence-electron chi connectivity index (χ3n) is 5.36. The number of anilines is 1. The van der Waals surface area contributed by atoms with Gasteiger partial charge in [0.2, 0.25) is 0 Å². The number of nitriles is 1. The van der Waals surface area contributed by atoms with E-state index in [0.29, 0.717) is 17.0 Å². The zero-order valence-electron chi connectivity index (χ0n) is 15.5. The normalized spacial score (nSPS) is 17.8. The number of aliphatic hydroxyl groups excluding tert-OH is 1. The van der Waals surface area contributed by atoms with E-state index in [9.17, 15) is 4.79 Å². The Morgan fingerprint density at radius 2 is 2.25 bits per heavy atom. The van der Waals surface area contributed by atoms with Crippen LogP contribution in [0.3, 0.4) is 0 Å². The number of piperidine rings is 1. The van der Waals surface area contributed by atoms with Gasteiger partial charge in [-0.05, 0) is 43.0 Å². The van der Waals surface area contributed by atoms with Crippen LogP contribution < -0.4 is 10.2 Å². The molecule has 146 valence electrons. The van der Waals surface area contributed by atoms with E-state index in [1.807, 2.05) is 12.1 Å². The largest absolute Gasteiger partial charge is 0.395 e. The number of carbonyl (C=O) groups is 1. The van der Waals surface area contributed by atoms with E-state index < -0.39 is 0 Å². The van der Waals surface area contributed by atoms with Crippen molar-refractivity contribution in [2.24, 2.45) is 0 Å². The lowest BCUT2D eigenvalue weighted by Crippen LogP contribution is -2.46. The highest BCUT2D eigenvalue weighted by Gasteiger charge is 2.43. The molecule has 2 aromatic heterocycles. The minimum atomic E-state index is -0.350. The molecule has 7 nitrogen and oxygen atoms in total. The van der Waals surface area contributed by atoms with Crippen LogP contribution in [0, 0.1) is 11.3 Å². The average Bonchev–Trinajstić information content (AvgIpc) is 3.19. The predicted molar refractivity (Wildman–Crippen MR) is 105 cm³/mol. The topological polar surface area (TPSA) is 98.5 Å². The molecule has 2 aliphatic heterocycles. The van der Waals surface area contributed by atoms with Gasteiger partial charge in [0.05, 0.1) is 29.7 Å². The minimum absolute atomic E-state index is 0.0687. The Labute approximate surface area is 167 Å². The fourth-order valence-electron chi connectivity index (χ4n) is 3.92. The van der Waals surface area contributed by atoms with Crippen LogP contribution in [0.25, 0.3) is 0 Å². The smallest absolute Gasteiger partial charge is 0.261 e. The van der Waals surface area contributed by atoms with Gasteiger partial charge in [-0.3, -0.25) is 4.79 Å². The van der Waals surface area contributed by atoms with Gasteiger partial charge in [0.25, 0.3) is 5.91 Å². The summed E-state index contributed by atoms with van der Waals surface area (Å²) in [4.78, 5) is 20.7. The predicted octanol–water partition coefficient (Wildman–Crippen LogP) is 1.81. The van der Waals surface area contributed by atoms with Crippen LogP contribution in [0.15, 0.2) is 24.4 Å². The molecule has 4 heterocycles. The maximum Gasteiger partial charge on any atom is 0.261 e. The highest BCUT2D eigenvalue weighted by molar-refractivity contribution is 7.14. The summed E-state index contributed by atoms with van der Waals surface area (Å²) < 4.78 is 6.28. The van der Waals surface area contributed by atoms with Crippen LogP contribution in [0.5, 0.6) is 0 Å². The number of thiophene rings is 1. The Morgan fingerprint density at radius 3 is 3.00 bits per heavy atom. The summed E-state index contributed by atoms with van der Waals surface area (Å²) >= 11 is 1.51. The Balaban J connectivity index is 1.52. The Bertz CT molecular complexity index is 912. The quantitative estimate of drug-likeness (QED) is 0.815. The standard InChI is InChI=1S/C20H22N4O3S/c21-13-14-1-5-22-17(11-14)24-7-3-20(4-8-24)18-15(2-10-27-20)12-16(28-18)19(26)23-6-9-25/h1,5,11-12,25H,2-4,6-10H2,(H,23,26). The van der Waals surface area contributed by atoms with Gasteiger partial charge in [-0.1, -0.05) is 0 Å². The number of aliphatic hydroxyl groups is 1. The van der Waals surface area contributed by atoms with E-state index in [4.69, 9.17) is 15.1 Å². The molecule has 0 atom stereocenters. The number of fused-ring (bicyclic) bond motifs is 2. The number of nitrogens with one attached hydrogen (secondary N) is 1. The van der Waals surface area contributed by atoms with Gasteiger partial charge in [-0.2, -0.15) is 5.26 Å². The van der Waals surface area contributed by atoms with E-state index in [1.165, 1.54) is 16.9 Å². The summed E-state index contributed by atoms with van der Waals surface area (Å²) in [6.07, 6.45) is 4.12. The average molecular weight is 398 g/mol. The maximum atomic E-state index is 12.3. The van der Waals surface area contributed by atoms with Crippen LogP contribution in [0.4, 0.5) is 5.82 Å². The lowest BCUT2D eigenvalue weighted by molar-refractivity contribution is -0.0735. The van der Waals surface area contributed by atoms with Gasteiger partial charge in [0.15, 0.2) is 0 Å². The molecule has 1 amide bonds. The van der Waals surface area contributed by atoms with E-state index in [0.717, 1.165) is 43.0 Å². The van der Waals surface area contributed by atoms with Crippen molar-refractivity contribution in [3.05, 3.63) is 45.3 Å². The molecule has 1 fully saturated rings. The number of hydrogen-bond acceptors (Lipinski definition) is 7. The van der Waals surface area contributed by atoms with E-state index >= 15 is 0 Å². The lowest BCUT2D eigenvalue weighted by Gasteiger charge is -2.44. The zero-order valence-corrected chi connectivity index (χ0v) is 16.3. The molecular weight excluding hydrogens is 376 g/mol. The Kier molecular flexibility index (Phi) is 5.31. The minimum Gasteiger partial charge on any atom is -0.395 e. The van der Waals surface area contributed by atoms with Crippen LogP contribution >= 0.6 is 11.3 Å². The van der Waals surface area contributed by atoms with Crippen LogP contribution in [-0.2, 0) is 16.8 Å². The van der Waals surface area contributed by atoms with E-state index in [2.05, 4.69) is 21.3 Å². The number of aromatic nitrogens is 1. The van der Waals surface area contributed by atoms with Crippen molar-refractivity contribution in [1.82, 2.24) is 10.3 Å². The number of pyridine rings is 1. The molecule has 2 aliphatic rings. The van der Waals surface area contributed by atoms with Gasteiger partial charge < -0.3 is 20.1 Å². The molecule has 0 aromatic carbocycles. The number of nitrogens with zero attached hydrogens (tertiary/aromatic N) is 3. The monoisotopic (exact) mass is 398 g/mol. The Morgan fingerprint density at radius 1 is 1.43 bits per heavy atom. The van der Waals surface area contributed by atoms with Crippen molar-refractivity contribution < 1.29 is 14.6 Å². The van der Waals surface area contributed by atoms with Crippen LogP contribution in [0.1, 0.15) is 38.5 Å². The highest BCUT2D eigenvalue weighted by atomic mass is 32.1. The molecule has 1 saturated heterocycles. The van der Waals surface area contributed by atoms with Crippen molar-refractivity contribution >= 4 is 23.1 Å². The first-order valence-corrected chi connectivity index (χ1v) is 10.2. The SMILES string of the molecule is N#Cc1ccnc(N2CCC3(CC2)OCCc2cc(C(=O)NCCO)sc23)c1. The first-order valence-electron chi connectivity index (χ1n) is 9.42. The first kappa shape index (κ1) is 18.9. The third-order valence-corrected chi connectivity index (χ3v) is 6.72. The van der Waals surface area contributed by atoms with Gasteiger partial charge in [0.1, 0.15) is 11.4 Å². The lowest BCUT2D eigenvalue weighted by atomic mass is 9.85. The number of amides is 1. The second-order valence-corrected chi connectivity index (χ2v) is 8.09. The fourth-order valence-corrected chi connectivity index (χ4v) is 5.25. The summed E-state index contributed by atoms with van der Waals surface area (Å²) in [6, 6.07) is 7.66. The summed E-state index contributed by atoms with van der Waals surface area (Å²) in [5.41, 5.74) is 1.46. The second-order valence-electron chi connectivity index (χ2n) is 7.04. The highest BCUT2D eigenvalue weighted by Crippen LogP contribution is 2.45. The summed E-state index contributed by atoms with van der Waals surface area (Å²) in [5.74, 6) is 0.679.